The number of ether oxygens (including phenoxy) is 1. The van der Waals surface area contributed by atoms with E-state index in [1.54, 1.807) is 0 Å². The van der Waals surface area contributed by atoms with Crippen LogP contribution in [0.2, 0.25) is 0 Å². The second-order valence-corrected chi connectivity index (χ2v) is 2.63. The molecular formula is C10H8FNO2. The third kappa shape index (κ3) is 2.07. The fourth-order valence-corrected chi connectivity index (χ4v) is 1.04. The van der Waals surface area contributed by atoms with Crippen LogP contribution in [-0.4, -0.2) is 13.1 Å². The molecule has 4 heteroatoms. The summed E-state index contributed by atoms with van der Waals surface area (Å²) in [5, 5.41) is 8.40. The van der Waals surface area contributed by atoms with Crippen LogP contribution in [0.5, 0.6) is 0 Å². The maximum atomic E-state index is 13.0. The minimum atomic E-state index is -0.538. The van der Waals surface area contributed by atoms with Gasteiger partial charge in [0.15, 0.2) is 0 Å². The third-order valence-electron chi connectivity index (χ3n) is 1.74. The number of esters is 1. The molecule has 0 aliphatic heterocycles. The molecule has 14 heavy (non-hydrogen) atoms. The van der Waals surface area contributed by atoms with Crippen molar-refractivity contribution >= 4 is 5.97 Å². The zero-order chi connectivity index (χ0) is 10.6. The topological polar surface area (TPSA) is 50.1 Å². The number of halogens is 1. The predicted octanol–water partition coefficient (Wildman–Crippen LogP) is 1.68. The number of hydrogen-bond acceptors (Lipinski definition) is 3. The molecule has 0 spiro atoms. The van der Waals surface area contributed by atoms with Crippen molar-refractivity contribution in [1.82, 2.24) is 0 Å². The van der Waals surface area contributed by atoms with E-state index in [0.29, 0.717) is 0 Å². The van der Waals surface area contributed by atoms with E-state index in [0.717, 1.165) is 6.07 Å². The summed E-state index contributed by atoms with van der Waals surface area (Å²) >= 11 is 0. The van der Waals surface area contributed by atoms with Gasteiger partial charge in [-0.05, 0) is 18.2 Å². The standard InChI is InChI=1S/C10H8FNO2/c1-14-10(13)8-2-3-9(11)7(6-8)4-5-12/h2-3,6H,4H2,1H3. The van der Waals surface area contributed by atoms with Gasteiger partial charge in [-0.2, -0.15) is 5.26 Å². The highest BCUT2D eigenvalue weighted by molar-refractivity contribution is 5.89. The summed E-state index contributed by atoms with van der Waals surface area (Å²) in [5.41, 5.74) is 0.453. The molecule has 0 saturated heterocycles. The second kappa shape index (κ2) is 4.38. The first-order valence-electron chi connectivity index (χ1n) is 3.92. The molecule has 0 saturated carbocycles. The largest absolute Gasteiger partial charge is 0.465 e. The van der Waals surface area contributed by atoms with Crippen molar-refractivity contribution in [3.63, 3.8) is 0 Å². The van der Waals surface area contributed by atoms with E-state index < -0.39 is 11.8 Å². The Morgan fingerprint density at radius 2 is 2.36 bits per heavy atom. The molecule has 3 nitrogen and oxygen atoms in total. The minimum Gasteiger partial charge on any atom is -0.465 e. The van der Waals surface area contributed by atoms with Crippen LogP contribution in [0.1, 0.15) is 15.9 Å². The molecule has 0 aliphatic carbocycles. The van der Waals surface area contributed by atoms with E-state index in [1.807, 2.05) is 6.07 Å². The fraction of sp³-hybridized carbons (Fsp3) is 0.200. The molecule has 0 unspecified atom stereocenters. The Balaban J connectivity index is 3.07. The van der Waals surface area contributed by atoms with Gasteiger partial charge in [0.05, 0.1) is 25.2 Å². The molecule has 1 aromatic rings. The summed E-state index contributed by atoms with van der Waals surface area (Å²) < 4.78 is 17.5. The third-order valence-corrected chi connectivity index (χ3v) is 1.74. The summed E-state index contributed by atoms with van der Waals surface area (Å²) in [7, 11) is 1.25. The van der Waals surface area contributed by atoms with Crippen LogP contribution in [0.15, 0.2) is 18.2 Å². The Bertz CT molecular complexity index is 396. The molecule has 0 amide bonds. The number of nitriles is 1. The summed E-state index contributed by atoms with van der Waals surface area (Å²) in [6.07, 6.45) is -0.0589. The van der Waals surface area contributed by atoms with Gasteiger partial charge in [-0.25, -0.2) is 9.18 Å². The first kappa shape index (κ1) is 10.2. The van der Waals surface area contributed by atoms with E-state index in [-0.39, 0.29) is 17.5 Å². The van der Waals surface area contributed by atoms with Crippen molar-refractivity contribution in [1.29, 1.82) is 5.26 Å². The number of hydrogen-bond donors (Lipinski definition) is 0. The van der Waals surface area contributed by atoms with E-state index in [4.69, 9.17) is 5.26 Å². The number of carbonyl (C=O) groups excluding carboxylic acids is 1. The zero-order valence-corrected chi connectivity index (χ0v) is 7.58. The van der Waals surface area contributed by atoms with E-state index in [9.17, 15) is 9.18 Å². The van der Waals surface area contributed by atoms with Gasteiger partial charge in [0.25, 0.3) is 0 Å². The minimum absolute atomic E-state index is 0.0589. The Hall–Kier alpha value is -1.89. The molecule has 1 aromatic carbocycles. The SMILES string of the molecule is COC(=O)c1ccc(F)c(CC#N)c1. The lowest BCUT2D eigenvalue weighted by Crippen LogP contribution is -2.02. The van der Waals surface area contributed by atoms with Gasteiger partial charge < -0.3 is 4.74 Å². The summed E-state index contributed by atoms with van der Waals surface area (Å²) in [6.45, 7) is 0. The first-order chi connectivity index (χ1) is 6.69. The smallest absolute Gasteiger partial charge is 0.337 e. The van der Waals surface area contributed by atoms with Crippen LogP contribution < -0.4 is 0 Å². The van der Waals surface area contributed by atoms with Crippen molar-refractivity contribution in [3.05, 3.63) is 35.1 Å². The highest BCUT2D eigenvalue weighted by Crippen LogP contribution is 2.11. The van der Waals surface area contributed by atoms with Gasteiger partial charge in [0.1, 0.15) is 5.82 Å². The number of carbonyl (C=O) groups is 1. The molecule has 0 bridgehead atoms. The lowest BCUT2D eigenvalue weighted by molar-refractivity contribution is 0.0600. The van der Waals surface area contributed by atoms with Gasteiger partial charge in [-0.1, -0.05) is 0 Å². The zero-order valence-electron chi connectivity index (χ0n) is 7.58. The van der Waals surface area contributed by atoms with E-state index >= 15 is 0 Å². The lowest BCUT2D eigenvalue weighted by atomic mass is 10.1. The average molecular weight is 193 g/mol. The second-order valence-electron chi connectivity index (χ2n) is 2.63. The molecule has 1 rings (SSSR count). The van der Waals surface area contributed by atoms with Crippen molar-refractivity contribution in [2.45, 2.75) is 6.42 Å². The molecule has 0 radical (unpaired) electrons. The summed E-state index contributed by atoms with van der Waals surface area (Å²) in [4.78, 5) is 11.1. The number of rotatable bonds is 2. The lowest BCUT2D eigenvalue weighted by Gasteiger charge is -2.01. The molecule has 72 valence electrons. The maximum absolute atomic E-state index is 13.0. The first-order valence-corrected chi connectivity index (χ1v) is 3.92. The predicted molar refractivity (Wildman–Crippen MR) is 47.1 cm³/mol. The molecule has 0 heterocycles. The van der Waals surface area contributed by atoms with Gasteiger partial charge in [-0.15, -0.1) is 0 Å². The van der Waals surface area contributed by atoms with Crippen LogP contribution in [0.25, 0.3) is 0 Å². The molecular weight excluding hydrogens is 185 g/mol. The van der Waals surface area contributed by atoms with Crippen LogP contribution in [0.4, 0.5) is 4.39 Å². The highest BCUT2D eigenvalue weighted by Gasteiger charge is 2.09. The highest BCUT2D eigenvalue weighted by atomic mass is 19.1. The van der Waals surface area contributed by atoms with Gasteiger partial charge >= 0.3 is 5.97 Å². The fourth-order valence-electron chi connectivity index (χ4n) is 1.04. The normalized spacial score (nSPS) is 9.21. The van der Waals surface area contributed by atoms with Gasteiger partial charge in [0.2, 0.25) is 0 Å². The number of benzene rings is 1. The van der Waals surface area contributed by atoms with Crippen molar-refractivity contribution < 1.29 is 13.9 Å². The molecule has 0 N–H and O–H groups in total. The van der Waals surface area contributed by atoms with E-state index in [1.165, 1.54) is 19.2 Å². The van der Waals surface area contributed by atoms with Crippen LogP contribution in [0.3, 0.4) is 0 Å². The van der Waals surface area contributed by atoms with Crippen LogP contribution in [0, 0.1) is 17.1 Å². The monoisotopic (exact) mass is 193 g/mol. The van der Waals surface area contributed by atoms with Gasteiger partial charge in [0, 0.05) is 5.56 Å². The molecule has 0 atom stereocenters. The van der Waals surface area contributed by atoms with Gasteiger partial charge in [-0.3, -0.25) is 0 Å². The summed E-state index contributed by atoms with van der Waals surface area (Å²) in [6, 6.07) is 5.61. The summed E-state index contributed by atoms with van der Waals surface area (Å²) in [5.74, 6) is -1.02. The van der Waals surface area contributed by atoms with Crippen molar-refractivity contribution in [2.24, 2.45) is 0 Å². The van der Waals surface area contributed by atoms with Crippen LogP contribution >= 0.6 is 0 Å². The average Bonchev–Trinajstić information content (AvgIpc) is 2.20. The molecule has 0 fully saturated rings. The van der Waals surface area contributed by atoms with Crippen LogP contribution in [-0.2, 0) is 11.2 Å². The van der Waals surface area contributed by atoms with Crippen molar-refractivity contribution in [2.75, 3.05) is 7.11 Å². The Labute approximate surface area is 80.7 Å². The molecule has 0 aliphatic rings. The van der Waals surface area contributed by atoms with Crippen molar-refractivity contribution in [3.8, 4) is 6.07 Å². The number of methoxy groups -OCH3 is 1. The molecule has 0 aromatic heterocycles. The van der Waals surface area contributed by atoms with E-state index in [2.05, 4.69) is 4.74 Å². The number of nitrogens with zero attached hydrogens (tertiary/aromatic N) is 1. The Morgan fingerprint density at radius 1 is 1.64 bits per heavy atom. The Morgan fingerprint density at radius 3 is 2.93 bits per heavy atom. The quantitative estimate of drug-likeness (QED) is 0.671. The Kier molecular flexibility index (Phi) is 3.19. The maximum Gasteiger partial charge on any atom is 0.337 e.